The number of carbonyl (C=O) groups is 1. The van der Waals surface area contributed by atoms with E-state index in [2.05, 4.69) is 21.2 Å². The molecule has 168 valence electrons. The Morgan fingerprint density at radius 3 is 2.59 bits per heavy atom. The number of hydrogen-bond acceptors (Lipinski definition) is 6. The number of aromatic nitrogens is 3. The SMILES string of the molecule is O=C(CSc1nnc(-c2ccccc2F)n1C1CC1)N1CCN(Cc2ccc(Cl)s2)CC1. The lowest BCUT2D eigenvalue weighted by Crippen LogP contribution is -2.48. The number of hydrogen-bond donors (Lipinski definition) is 0. The van der Waals surface area contributed by atoms with Crippen molar-refractivity contribution in [2.75, 3.05) is 31.9 Å². The molecule has 2 aromatic heterocycles. The van der Waals surface area contributed by atoms with Crippen LogP contribution in [0.25, 0.3) is 11.4 Å². The molecule has 3 aromatic rings. The number of thioether (sulfide) groups is 1. The van der Waals surface area contributed by atoms with Gasteiger partial charge in [0.15, 0.2) is 11.0 Å². The van der Waals surface area contributed by atoms with Crippen LogP contribution in [0.1, 0.15) is 23.8 Å². The summed E-state index contributed by atoms with van der Waals surface area (Å²) < 4.78 is 17.1. The van der Waals surface area contributed by atoms with Gasteiger partial charge in [-0.1, -0.05) is 35.5 Å². The summed E-state index contributed by atoms with van der Waals surface area (Å²) in [6.07, 6.45) is 2.05. The first-order chi connectivity index (χ1) is 15.6. The molecule has 6 nitrogen and oxygen atoms in total. The molecule has 0 unspecified atom stereocenters. The van der Waals surface area contributed by atoms with E-state index >= 15 is 0 Å². The van der Waals surface area contributed by atoms with Crippen LogP contribution in [-0.4, -0.2) is 62.4 Å². The molecule has 1 saturated carbocycles. The van der Waals surface area contributed by atoms with Crippen molar-refractivity contribution in [2.24, 2.45) is 0 Å². The second-order valence-corrected chi connectivity index (χ2v) is 10.8. The van der Waals surface area contributed by atoms with Gasteiger partial charge in [-0.2, -0.15) is 0 Å². The molecular weight excluding hydrogens is 469 g/mol. The van der Waals surface area contributed by atoms with Crippen LogP contribution in [-0.2, 0) is 11.3 Å². The van der Waals surface area contributed by atoms with Crippen molar-refractivity contribution in [1.82, 2.24) is 24.6 Å². The smallest absolute Gasteiger partial charge is 0.233 e. The maximum absolute atomic E-state index is 14.3. The summed E-state index contributed by atoms with van der Waals surface area (Å²) in [4.78, 5) is 18.3. The minimum Gasteiger partial charge on any atom is -0.339 e. The number of rotatable bonds is 7. The maximum atomic E-state index is 14.3. The van der Waals surface area contributed by atoms with E-state index in [1.807, 2.05) is 15.5 Å². The lowest BCUT2D eigenvalue weighted by atomic mass is 10.2. The molecule has 3 heterocycles. The zero-order valence-electron chi connectivity index (χ0n) is 17.4. The summed E-state index contributed by atoms with van der Waals surface area (Å²) in [6, 6.07) is 10.9. The van der Waals surface area contributed by atoms with Crippen molar-refractivity contribution >= 4 is 40.6 Å². The monoisotopic (exact) mass is 491 g/mol. The summed E-state index contributed by atoms with van der Waals surface area (Å²) in [7, 11) is 0. The van der Waals surface area contributed by atoms with Crippen LogP contribution in [0.3, 0.4) is 0 Å². The van der Waals surface area contributed by atoms with Crippen LogP contribution in [0.2, 0.25) is 4.34 Å². The van der Waals surface area contributed by atoms with Crippen molar-refractivity contribution in [3.63, 3.8) is 0 Å². The van der Waals surface area contributed by atoms with E-state index < -0.39 is 0 Å². The van der Waals surface area contributed by atoms with Crippen LogP contribution >= 0.6 is 34.7 Å². The molecule has 1 aliphatic heterocycles. The van der Waals surface area contributed by atoms with Crippen LogP contribution in [0.4, 0.5) is 4.39 Å². The third kappa shape index (κ3) is 4.85. The van der Waals surface area contributed by atoms with E-state index in [1.165, 1.54) is 22.7 Å². The molecule has 2 aliphatic rings. The second kappa shape index (κ2) is 9.51. The number of piperazine rings is 1. The van der Waals surface area contributed by atoms with E-state index in [4.69, 9.17) is 11.6 Å². The number of nitrogens with zero attached hydrogens (tertiary/aromatic N) is 5. The highest BCUT2D eigenvalue weighted by molar-refractivity contribution is 7.99. The van der Waals surface area contributed by atoms with Gasteiger partial charge < -0.3 is 4.90 Å². The number of carbonyl (C=O) groups excluding carboxylic acids is 1. The van der Waals surface area contributed by atoms with E-state index in [0.29, 0.717) is 35.4 Å². The Morgan fingerprint density at radius 1 is 1.12 bits per heavy atom. The van der Waals surface area contributed by atoms with E-state index in [0.717, 1.165) is 36.8 Å². The summed E-state index contributed by atoms with van der Waals surface area (Å²) in [5, 5.41) is 9.24. The van der Waals surface area contributed by atoms with Crippen molar-refractivity contribution in [3.8, 4) is 11.4 Å². The van der Waals surface area contributed by atoms with Crippen LogP contribution in [0.5, 0.6) is 0 Å². The fraction of sp³-hybridized carbons (Fsp3) is 0.409. The summed E-state index contributed by atoms with van der Waals surface area (Å²) in [6.45, 7) is 4.00. The Balaban J connectivity index is 1.18. The summed E-state index contributed by atoms with van der Waals surface area (Å²) in [5.74, 6) is 0.648. The summed E-state index contributed by atoms with van der Waals surface area (Å²) in [5.41, 5.74) is 0.452. The van der Waals surface area contributed by atoms with Gasteiger partial charge in [-0.25, -0.2) is 4.39 Å². The van der Waals surface area contributed by atoms with Crippen molar-refractivity contribution in [3.05, 3.63) is 51.4 Å². The minimum atomic E-state index is -0.308. The number of amides is 1. The Hall–Kier alpha value is -1.94. The summed E-state index contributed by atoms with van der Waals surface area (Å²) >= 11 is 9.02. The van der Waals surface area contributed by atoms with Crippen molar-refractivity contribution < 1.29 is 9.18 Å². The third-order valence-electron chi connectivity index (χ3n) is 5.75. The highest BCUT2D eigenvalue weighted by Gasteiger charge is 2.31. The first-order valence-corrected chi connectivity index (χ1v) is 12.8. The van der Waals surface area contributed by atoms with Crippen LogP contribution in [0, 0.1) is 5.82 Å². The Bertz CT molecular complexity index is 1110. The van der Waals surface area contributed by atoms with Crippen molar-refractivity contribution in [1.29, 1.82) is 0 Å². The number of thiophene rings is 1. The van der Waals surface area contributed by atoms with Gasteiger partial charge in [-0.3, -0.25) is 14.3 Å². The molecule has 0 bridgehead atoms. The van der Waals surface area contributed by atoms with Gasteiger partial charge in [0, 0.05) is 43.6 Å². The molecular formula is C22H23ClFN5OS2. The Kier molecular flexibility index (Phi) is 6.50. The minimum absolute atomic E-state index is 0.103. The molecule has 1 saturated heterocycles. The van der Waals surface area contributed by atoms with Crippen LogP contribution < -0.4 is 0 Å². The van der Waals surface area contributed by atoms with Gasteiger partial charge in [0.25, 0.3) is 0 Å². The Labute approximate surface area is 199 Å². The molecule has 2 fully saturated rings. The zero-order valence-corrected chi connectivity index (χ0v) is 19.8. The highest BCUT2D eigenvalue weighted by Crippen LogP contribution is 2.41. The first kappa shape index (κ1) is 21.9. The van der Waals surface area contributed by atoms with Gasteiger partial charge in [0.2, 0.25) is 5.91 Å². The van der Waals surface area contributed by atoms with E-state index in [-0.39, 0.29) is 17.8 Å². The molecule has 1 aliphatic carbocycles. The van der Waals surface area contributed by atoms with Gasteiger partial charge in [-0.15, -0.1) is 21.5 Å². The number of halogens is 2. The fourth-order valence-electron chi connectivity index (χ4n) is 3.89. The second-order valence-electron chi connectivity index (χ2n) is 8.04. The fourth-order valence-corrected chi connectivity index (χ4v) is 5.93. The van der Waals surface area contributed by atoms with E-state index in [9.17, 15) is 9.18 Å². The van der Waals surface area contributed by atoms with E-state index in [1.54, 1.807) is 29.5 Å². The molecule has 1 amide bonds. The van der Waals surface area contributed by atoms with Gasteiger partial charge in [-0.05, 0) is 37.1 Å². The normalized spacial score (nSPS) is 17.1. The quantitative estimate of drug-likeness (QED) is 0.453. The predicted octanol–water partition coefficient (Wildman–Crippen LogP) is 4.57. The average molecular weight is 492 g/mol. The molecule has 1 aromatic carbocycles. The molecule has 5 rings (SSSR count). The molecule has 10 heteroatoms. The highest BCUT2D eigenvalue weighted by atomic mass is 35.5. The average Bonchev–Trinajstić information content (AvgIpc) is 3.42. The molecule has 0 spiro atoms. The molecule has 0 radical (unpaired) electrons. The zero-order chi connectivity index (χ0) is 22.1. The molecule has 32 heavy (non-hydrogen) atoms. The lowest BCUT2D eigenvalue weighted by molar-refractivity contribution is -0.130. The maximum Gasteiger partial charge on any atom is 0.233 e. The molecule has 0 N–H and O–H groups in total. The van der Waals surface area contributed by atoms with Gasteiger partial charge >= 0.3 is 0 Å². The number of benzene rings is 1. The standard InChI is InChI=1S/C22H23ClFN5OS2/c23-19-8-7-16(32-19)13-27-9-11-28(12-10-27)20(30)14-31-22-26-25-21(29(22)15-5-6-15)17-3-1-2-4-18(17)24/h1-4,7-8,15H,5-6,9-14H2. The van der Waals surface area contributed by atoms with Gasteiger partial charge in [0.05, 0.1) is 15.7 Å². The van der Waals surface area contributed by atoms with Crippen LogP contribution in [0.15, 0.2) is 41.6 Å². The van der Waals surface area contributed by atoms with Crippen molar-refractivity contribution in [2.45, 2.75) is 30.6 Å². The first-order valence-electron chi connectivity index (χ1n) is 10.7. The predicted molar refractivity (Wildman–Crippen MR) is 126 cm³/mol. The Morgan fingerprint density at radius 2 is 1.91 bits per heavy atom. The molecule has 0 atom stereocenters. The third-order valence-corrected chi connectivity index (χ3v) is 7.89. The lowest BCUT2D eigenvalue weighted by Gasteiger charge is -2.34. The largest absolute Gasteiger partial charge is 0.339 e. The topological polar surface area (TPSA) is 54.3 Å². The van der Waals surface area contributed by atoms with Gasteiger partial charge in [0.1, 0.15) is 5.82 Å².